The number of thioether (sulfide) groups is 1. The molecule has 0 unspecified atom stereocenters. The summed E-state index contributed by atoms with van der Waals surface area (Å²) in [5.74, 6) is 0. The first-order valence-corrected chi connectivity index (χ1v) is 5.78. The minimum atomic E-state index is 0.407. The minimum absolute atomic E-state index is 0.407. The molecule has 2 N–H and O–H groups in total. The maximum atomic E-state index is 5.85. The molecule has 14 heavy (non-hydrogen) atoms. The third kappa shape index (κ3) is 2.24. The lowest BCUT2D eigenvalue weighted by Gasteiger charge is -2.24. The van der Waals surface area contributed by atoms with E-state index in [9.17, 15) is 0 Å². The summed E-state index contributed by atoms with van der Waals surface area (Å²) < 4.78 is 1.72. The average Bonchev–Trinajstić information content (AvgIpc) is 2.56. The molecule has 78 valence electrons. The third-order valence-corrected chi connectivity index (χ3v) is 3.93. The number of nitrogens with two attached hydrogens (primary N) is 1. The molecule has 0 spiro atoms. The lowest BCUT2D eigenvalue weighted by atomic mass is 9.96. The van der Waals surface area contributed by atoms with Gasteiger partial charge in [-0.05, 0) is 36.1 Å². The van der Waals surface area contributed by atoms with Crippen LogP contribution in [0.15, 0.2) is 5.16 Å². The normalized spacial score (nSPS) is 27.9. The molecule has 6 heteroatoms. The van der Waals surface area contributed by atoms with E-state index in [2.05, 4.69) is 15.5 Å². The van der Waals surface area contributed by atoms with Gasteiger partial charge in [0.25, 0.3) is 0 Å². The summed E-state index contributed by atoms with van der Waals surface area (Å²) in [5, 5.41) is 12.9. The quantitative estimate of drug-likeness (QED) is 0.778. The Balaban J connectivity index is 1.89. The Morgan fingerprint density at radius 1 is 1.36 bits per heavy atom. The van der Waals surface area contributed by atoms with Crippen molar-refractivity contribution in [1.29, 1.82) is 0 Å². The van der Waals surface area contributed by atoms with E-state index in [0.717, 1.165) is 18.0 Å². The molecule has 0 bridgehead atoms. The smallest absolute Gasteiger partial charge is 0.209 e. The largest absolute Gasteiger partial charge is 0.328 e. The predicted molar refractivity (Wildman–Crippen MR) is 54.9 cm³/mol. The summed E-state index contributed by atoms with van der Waals surface area (Å²) in [6, 6.07) is 0.407. The molecule has 2 rings (SSSR count). The summed E-state index contributed by atoms with van der Waals surface area (Å²) >= 11 is 1.77. The highest BCUT2D eigenvalue weighted by molar-refractivity contribution is 7.99. The molecule has 1 aliphatic rings. The van der Waals surface area contributed by atoms with Crippen LogP contribution in [0.25, 0.3) is 0 Å². The molecule has 1 heterocycles. The molecule has 1 fully saturated rings. The number of hydrogen-bond acceptors (Lipinski definition) is 5. The molecular formula is C8H15N5S. The van der Waals surface area contributed by atoms with Crippen LogP contribution in [-0.4, -0.2) is 31.5 Å². The van der Waals surface area contributed by atoms with Crippen LogP contribution < -0.4 is 5.73 Å². The van der Waals surface area contributed by atoms with Crippen LogP contribution in [0.1, 0.15) is 25.7 Å². The number of nitrogens with zero attached hydrogens (tertiary/aromatic N) is 4. The van der Waals surface area contributed by atoms with Gasteiger partial charge in [-0.2, -0.15) is 0 Å². The lowest BCUT2D eigenvalue weighted by Crippen LogP contribution is -2.27. The SMILES string of the molecule is Cn1nnnc1SC1CCC(N)CC1. The molecule has 1 aliphatic carbocycles. The van der Waals surface area contributed by atoms with Gasteiger partial charge in [0.15, 0.2) is 0 Å². The Bertz CT molecular complexity index is 292. The van der Waals surface area contributed by atoms with Crippen molar-refractivity contribution in [2.45, 2.75) is 42.1 Å². The van der Waals surface area contributed by atoms with E-state index in [-0.39, 0.29) is 0 Å². The second-order valence-electron chi connectivity index (χ2n) is 3.74. The van der Waals surface area contributed by atoms with Gasteiger partial charge in [0.05, 0.1) is 0 Å². The lowest BCUT2D eigenvalue weighted by molar-refractivity contribution is 0.450. The zero-order valence-corrected chi connectivity index (χ0v) is 9.07. The summed E-state index contributed by atoms with van der Waals surface area (Å²) in [6.45, 7) is 0. The van der Waals surface area contributed by atoms with Gasteiger partial charge in [-0.1, -0.05) is 11.8 Å². The Hall–Kier alpha value is -0.620. The standard InChI is InChI=1S/C8H15N5S/c1-13-8(10-11-12-13)14-7-4-2-6(9)3-5-7/h6-7H,2-5,9H2,1H3. The van der Waals surface area contributed by atoms with Crippen molar-refractivity contribution in [3.8, 4) is 0 Å². The highest BCUT2D eigenvalue weighted by Gasteiger charge is 2.21. The number of rotatable bonds is 2. The highest BCUT2D eigenvalue weighted by Crippen LogP contribution is 2.31. The van der Waals surface area contributed by atoms with Gasteiger partial charge in [0, 0.05) is 18.3 Å². The van der Waals surface area contributed by atoms with Crippen LogP contribution in [0, 0.1) is 0 Å². The van der Waals surface area contributed by atoms with Crippen molar-refractivity contribution in [1.82, 2.24) is 20.2 Å². The van der Waals surface area contributed by atoms with Crippen LogP contribution in [0.4, 0.5) is 0 Å². The Morgan fingerprint density at radius 2 is 2.07 bits per heavy atom. The fourth-order valence-electron chi connectivity index (χ4n) is 1.68. The molecule has 0 saturated heterocycles. The maximum absolute atomic E-state index is 5.85. The first kappa shape index (κ1) is 9.92. The van der Waals surface area contributed by atoms with Crippen LogP contribution in [0.2, 0.25) is 0 Å². The third-order valence-electron chi connectivity index (χ3n) is 2.57. The molecule has 5 nitrogen and oxygen atoms in total. The first-order valence-electron chi connectivity index (χ1n) is 4.90. The average molecular weight is 213 g/mol. The molecule has 0 aliphatic heterocycles. The van der Waals surface area contributed by atoms with Crippen molar-refractivity contribution < 1.29 is 0 Å². The van der Waals surface area contributed by atoms with Crippen LogP contribution in [-0.2, 0) is 7.05 Å². The molecule has 1 aromatic heterocycles. The number of aromatic nitrogens is 4. The van der Waals surface area contributed by atoms with Crippen molar-refractivity contribution >= 4 is 11.8 Å². The Labute approximate surface area is 87.4 Å². The minimum Gasteiger partial charge on any atom is -0.328 e. The summed E-state index contributed by atoms with van der Waals surface area (Å²) in [6.07, 6.45) is 4.61. The number of aryl methyl sites for hydroxylation is 1. The fraction of sp³-hybridized carbons (Fsp3) is 0.875. The summed E-state index contributed by atoms with van der Waals surface area (Å²) in [4.78, 5) is 0. The number of hydrogen-bond donors (Lipinski definition) is 1. The van der Waals surface area contributed by atoms with E-state index in [1.807, 2.05) is 7.05 Å². The molecular weight excluding hydrogens is 198 g/mol. The van der Waals surface area contributed by atoms with Gasteiger partial charge in [-0.15, -0.1) is 5.10 Å². The topological polar surface area (TPSA) is 69.6 Å². The highest BCUT2D eigenvalue weighted by atomic mass is 32.2. The van der Waals surface area contributed by atoms with Gasteiger partial charge in [-0.25, -0.2) is 4.68 Å². The monoisotopic (exact) mass is 213 g/mol. The molecule has 0 radical (unpaired) electrons. The fourth-order valence-corrected chi connectivity index (χ4v) is 2.76. The van der Waals surface area contributed by atoms with Crippen LogP contribution in [0.5, 0.6) is 0 Å². The second kappa shape index (κ2) is 4.27. The van der Waals surface area contributed by atoms with Crippen molar-refractivity contribution in [2.24, 2.45) is 12.8 Å². The van der Waals surface area contributed by atoms with Crippen LogP contribution in [0.3, 0.4) is 0 Å². The van der Waals surface area contributed by atoms with E-state index in [0.29, 0.717) is 11.3 Å². The Morgan fingerprint density at radius 3 is 2.64 bits per heavy atom. The van der Waals surface area contributed by atoms with Crippen molar-refractivity contribution in [3.63, 3.8) is 0 Å². The van der Waals surface area contributed by atoms with Gasteiger partial charge in [0.1, 0.15) is 0 Å². The van der Waals surface area contributed by atoms with E-state index < -0.39 is 0 Å². The van der Waals surface area contributed by atoms with Gasteiger partial charge in [0.2, 0.25) is 5.16 Å². The number of tetrazole rings is 1. The van der Waals surface area contributed by atoms with Gasteiger partial charge in [-0.3, -0.25) is 0 Å². The van der Waals surface area contributed by atoms with Gasteiger partial charge >= 0.3 is 0 Å². The zero-order chi connectivity index (χ0) is 9.97. The van der Waals surface area contributed by atoms with E-state index in [1.54, 1.807) is 16.4 Å². The Kier molecular flexibility index (Phi) is 3.02. The van der Waals surface area contributed by atoms with E-state index >= 15 is 0 Å². The van der Waals surface area contributed by atoms with E-state index in [1.165, 1.54) is 12.8 Å². The molecule has 0 aromatic carbocycles. The second-order valence-corrected chi connectivity index (χ2v) is 5.01. The summed E-state index contributed by atoms with van der Waals surface area (Å²) in [7, 11) is 1.87. The van der Waals surface area contributed by atoms with Crippen molar-refractivity contribution in [3.05, 3.63) is 0 Å². The van der Waals surface area contributed by atoms with Crippen LogP contribution >= 0.6 is 11.8 Å². The molecule has 0 atom stereocenters. The maximum Gasteiger partial charge on any atom is 0.209 e. The zero-order valence-electron chi connectivity index (χ0n) is 8.26. The molecule has 1 aromatic rings. The molecule has 1 saturated carbocycles. The summed E-state index contributed by atoms with van der Waals surface area (Å²) in [5.41, 5.74) is 5.85. The predicted octanol–water partition coefficient (Wildman–Crippen LogP) is 0.572. The van der Waals surface area contributed by atoms with E-state index in [4.69, 9.17) is 5.73 Å². The first-order chi connectivity index (χ1) is 6.75. The molecule has 0 amide bonds. The van der Waals surface area contributed by atoms with Gasteiger partial charge < -0.3 is 5.73 Å². The van der Waals surface area contributed by atoms with Crippen molar-refractivity contribution in [2.75, 3.05) is 0 Å².